The van der Waals surface area contributed by atoms with E-state index >= 15 is 0 Å². The molecule has 3 rings (SSSR count). The lowest BCUT2D eigenvalue weighted by atomic mass is 10.0. The van der Waals surface area contributed by atoms with Crippen molar-refractivity contribution in [1.29, 1.82) is 0 Å². The van der Waals surface area contributed by atoms with Crippen LogP contribution in [-0.4, -0.2) is 49.5 Å². The molecule has 0 bridgehead atoms. The van der Waals surface area contributed by atoms with Gasteiger partial charge in [-0.15, -0.1) is 5.10 Å². The van der Waals surface area contributed by atoms with Crippen molar-refractivity contribution in [3.8, 4) is 0 Å². The first-order valence-corrected chi connectivity index (χ1v) is 8.35. The maximum atomic E-state index is 10.8. The van der Waals surface area contributed by atoms with Crippen LogP contribution in [0.15, 0.2) is 11.1 Å². The first-order valence-electron chi connectivity index (χ1n) is 7.37. The molecule has 1 N–H and O–H groups in total. The number of anilines is 1. The Bertz CT molecular complexity index is 702. The van der Waals surface area contributed by atoms with E-state index in [1.54, 1.807) is 4.52 Å². The van der Waals surface area contributed by atoms with Gasteiger partial charge >= 0.3 is 5.97 Å². The number of nitrogens with zero attached hydrogens (tertiary/aromatic N) is 5. The zero-order valence-electron chi connectivity index (χ0n) is 12.7. The van der Waals surface area contributed by atoms with Crippen LogP contribution in [0.2, 0.25) is 0 Å². The number of fused-ring (bicyclic) bond motifs is 1. The van der Waals surface area contributed by atoms with Gasteiger partial charge in [0.15, 0.2) is 0 Å². The Hall–Kier alpha value is -1.83. The van der Waals surface area contributed by atoms with Gasteiger partial charge in [-0.2, -0.15) is 9.50 Å². The highest BCUT2D eigenvalue weighted by atomic mass is 32.2. The summed E-state index contributed by atoms with van der Waals surface area (Å²) in [5.41, 5.74) is 0.811. The molecule has 2 aromatic rings. The summed E-state index contributed by atoms with van der Waals surface area (Å²) < 4.78 is 1.65. The van der Waals surface area contributed by atoms with Crippen LogP contribution in [0.3, 0.4) is 0 Å². The maximum absolute atomic E-state index is 10.8. The molecular formula is C14H19N5O2S. The molecule has 1 fully saturated rings. The second-order valence-electron chi connectivity index (χ2n) is 5.74. The second kappa shape index (κ2) is 6.12. The Labute approximate surface area is 132 Å². The molecular weight excluding hydrogens is 302 g/mol. The fourth-order valence-corrected chi connectivity index (χ4v) is 3.46. The molecule has 7 nitrogen and oxygen atoms in total. The Morgan fingerprint density at radius 3 is 3.05 bits per heavy atom. The van der Waals surface area contributed by atoms with Crippen molar-refractivity contribution in [3.05, 3.63) is 11.8 Å². The van der Waals surface area contributed by atoms with Crippen molar-refractivity contribution in [1.82, 2.24) is 19.6 Å². The predicted octanol–water partition coefficient (Wildman–Crippen LogP) is 1.85. The number of hydrogen-bond acceptors (Lipinski definition) is 6. The van der Waals surface area contributed by atoms with Crippen LogP contribution >= 0.6 is 11.8 Å². The van der Waals surface area contributed by atoms with E-state index in [-0.39, 0.29) is 5.75 Å². The minimum atomic E-state index is -0.849. The highest BCUT2D eigenvalue weighted by Crippen LogP contribution is 2.23. The summed E-state index contributed by atoms with van der Waals surface area (Å²) in [7, 11) is 0. The summed E-state index contributed by atoms with van der Waals surface area (Å²) >= 11 is 1.24. The van der Waals surface area contributed by atoms with Gasteiger partial charge in [-0.3, -0.25) is 4.79 Å². The van der Waals surface area contributed by atoms with E-state index < -0.39 is 5.97 Å². The van der Waals surface area contributed by atoms with E-state index in [9.17, 15) is 4.79 Å². The van der Waals surface area contributed by atoms with Crippen molar-refractivity contribution in [2.24, 2.45) is 5.92 Å². The van der Waals surface area contributed by atoms with E-state index in [1.807, 2.05) is 13.0 Å². The molecule has 1 aliphatic heterocycles. The molecule has 2 aromatic heterocycles. The van der Waals surface area contributed by atoms with Gasteiger partial charge in [-0.25, -0.2) is 4.98 Å². The fraction of sp³-hybridized carbons (Fsp3) is 0.571. The molecule has 1 unspecified atom stereocenters. The van der Waals surface area contributed by atoms with E-state index in [2.05, 4.69) is 26.9 Å². The minimum Gasteiger partial charge on any atom is -0.481 e. The third-order valence-electron chi connectivity index (χ3n) is 3.68. The van der Waals surface area contributed by atoms with Crippen molar-refractivity contribution < 1.29 is 9.90 Å². The van der Waals surface area contributed by atoms with E-state index in [0.29, 0.717) is 17.6 Å². The zero-order chi connectivity index (χ0) is 15.7. The number of thioether (sulfide) groups is 1. The third-order valence-corrected chi connectivity index (χ3v) is 4.66. The van der Waals surface area contributed by atoms with Gasteiger partial charge in [0.25, 0.3) is 5.78 Å². The Kier molecular flexibility index (Phi) is 4.19. The monoisotopic (exact) mass is 321 g/mol. The molecule has 0 saturated carbocycles. The summed E-state index contributed by atoms with van der Waals surface area (Å²) in [6.07, 6.45) is 2.38. The maximum Gasteiger partial charge on any atom is 0.313 e. The standard InChI is InChI=1S/C14H19N5O2S/c1-9-4-3-5-18(7-9)14-16-13-15-10(2)6-11(19(13)17-14)22-8-12(20)21/h6,9H,3-5,7-8H2,1-2H3,(H,20,21). The number of piperidine rings is 1. The fourth-order valence-electron chi connectivity index (χ4n) is 2.69. The first kappa shape index (κ1) is 15.1. The molecule has 0 aromatic carbocycles. The van der Waals surface area contributed by atoms with Gasteiger partial charge in [0.1, 0.15) is 5.03 Å². The minimum absolute atomic E-state index is 0.00546. The molecule has 118 valence electrons. The number of aliphatic carboxylic acids is 1. The van der Waals surface area contributed by atoms with Gasteiger partial charge in [-0.1, -0.05) is 18.7 Å². The lowest BCUT2D eigenvalue weighted by Gasteiger charge is -2.29. The molecule has 0 amide bonds. The zero-order valence-corrected chi connectivity index (χ0v) is 13.5. The Morgan fingerprint density at radius 2 is 2.32 bits per heavy atom. The van der Waals surface area contributed by atoms with Crippen molar-refractivity contribution in [2.45, 2.75) is 31.7 Å². The topological polar surface area (TPSA) is 83.6 Å². The first-order chi connectivity index (χ1) is 10.5. The van der Waals surface area contributed by atoms with Gasteiger partial charge in [0.05, 0.1) is 5.75 Å². The number of aromatic nitrogens is 4. The molecule has 22 heavy (non-hydrogen) atoms. The average Bonchev–Trinajstić information content (AvgIpc) is 2.88. The van der Waals surface area contributed by atoms with Gasteiger partial charge in [0.2, 0.25) is 5.95 Å². The van der Waals surface area contributed by atoms with Crippen molar-refractivity contribution in [2.75, 3.05) is 23.7 Å². The number of carboxylic acid groups (broad SMARTS) is 1. The molecule has 1 saturated heterocycles. The summed E-state index contributed by atoms with van der Waals surface area (Å²) in [6.45, 7) is 6.02. The quantitative estimate of drug-likeness (QED) is 0.679. The summed E-state index contributed by atoms with van der Waals surface area (Å²) in [6, 6.07) is 1.85. The van der Waals surface area contributed by atoms with Crippen LogP contribution in [0, 0.1) is 12.8 Å². The number of carbonyl (C=O) groups is 1. The highest BCUT2D eigenvalue weighted by molar-refractivity contribution is 7.99. The van der Waals surface area contributed by atoms with Crippen LogP contribution < -0.4 is 4.90 Å². The van der Waals surface area contributed by atoms with Crippen LogP contribution in [0.1, 0.15) is 25.5 Å². The normalized spacial score (nSPS) is 18.8. The molecule has 0 spiro atoms. The van der Waals surface area contributed by atoms with E-state index in [1.165, 1.54) is 18.2 Å². The molecule has 1 aliphatic rings. The Balaban J connectivity index is 1.94. The summed E-state index contributed by atoms with van der Waals surface area (Å²) in [4.78, 5) is 21.9. The highest BCUT2D eigenvalue weighted by Gasteiger charge is 2.21. The van der Waals surface area contributed by atoms with Gasteiger partial charge < -0.3 is 10.0 Å². The average molecular weight is 321 g/mol. The Morgan fingerprint density at radius 1 is 1.50 bits per heavy atom. The van der Waals surface area contributed by atoms with Crippen molar-refractivity contribution >= 4 is 29.5 Å². The number of aryl methyl sites for hydroxylation is 1. The molecule has 3 heterocycles. The van der Waals surface area contributed by atoms with Gasteiger partial charge in [-0.05, 0) is 31.7 Å². The van der Waals surface area contributed by atoms with Crippen LogP contribution in [-0.2, 0) is 4.79 Å². The smallest absolute Gasteiger partial charge is 0.313 e. The number of carboxylic acids is 1. The molecule has 8 heteroatoms. The van der Waals surface area contributed by atoms with Gasteiger partial charge in [0, 0.05) is 18.8 Å². The lowest BCUT2D eigenvalue weighted by Crippen LogP contribution is -2.35. The third kappa shape index (κ3) is 3.16. The van der Waals surface area contributed by atoms with Crippen molar-refractivity contribution in [3.63, 3.8) is 0 Å². The van der Waals surface area contributed by atoms with Crippen LogP contribution in [0.4, 0.5) is 5.95 Å². The number of rotatable bonds is 4. The molecule has 0 radical (unpaired) electrons. The lowest BCUT2D eigenvalue weighted by molar-refractivity contribution is -0.133. The largest absolute Gasteiger partial charge is 0.481 e. The summed E-state index contributed by atoms with van der Waals surface area (Å²) in [5.74, 6) is 0.991. The molecule has 0 aliphatic carbocycles. The van der Waals surface area contributed by atoms with E-state index in [0.717, 1.165) is 30.2 Å². The summed E-state index contributed by atoms with van der Waals surface area (Å²) in [5, 5.41) is 14.2. The van der Waals surface area contributed by atoms with Crippen LogP contribution in [0.5, 0.6) is 0 Å². The SMILES string of the molecule is Cc1cc(SCC(=O)O)n2nc(N3CCCC(C)C3)nc2n1. The predicted molar refractivity (Wildman–Crippen MR) is 84.5 cm³/mol. The second-order valence-corrected chi connectivity index (χ2v) is 6.73. The van der Waals surface area contributed by atoms with Crippen LogP contribution in [0.25, 0.3) is 5.78 Å². The number of hydrogen-bond donors (Lipinski definition) is 1. The molecule has 1 atom stereocenters. The van der Waals surface area contributed by atoms with E-state index in [4.69, 9.17) is 5.11 Å².